The molecule has 2 heterocycles. The highest BCUT2D eigenvalue weighted by Gasteiger charge is 2.48. The molecule has 1 fully saturated rings. The summed E-state index contributed by atoms with van der Waals surface area (Å²) in [6, 6.07) is 16.4. The van der Waals surface area contributed by atoms with Crippen LogP contribution in [0.5, 0.6) is 11.5 Å². The van der Waals surface area contributed by atoms with Crippen LogP contribution in [0.15, 0.2) is 66.2 Å². The lowest BCUT2D eigenvalue weighted by atomic mass is 9.95. The first kappa shape index (κ1) is 25.4. The van der Waals surface area contributed by atoms with E-state index in [0.717, 1.165) is 11.1 Å². The van der Waals surface area contributed by atoms with Crippen molar-refractivity contribution in [3.05, 3.63) is 87.9 Å². The number of nitrogens with zero attached hydrogens (tertiary/aromatic N) is 2. The highest BCUT2D eigenvalue weighted by Crippen LogP contribution is 2.43. The molecule has 1 unspecified atom stereocenters. The van der Waals surface area contributed by atoms with Crippen LogP contribution >= 0.6 is 11.6 Å². The summed E-state index contributed by atoms with van der Waals surface area (Å²) in [7, 11) is 1.44. The third-order valence-corrected chi connectivity index (χ3v) is 6.52. The molecular weight excluding hydrogens is 506 g/mol. The number of rotatable bonds is 6. The van der Waals surface area contributed by atoms with E-state index in [2.05, 4.69) is 9.97 Å². The van der Waals surface area contributed by atoms with E-state index >= 15 is 0 Å². The fourth-order valence-corrected chi connectivity index (χ4v) is 4.77. The summed E-state index contributed by atoms with van der Waals surface area (Å²) in [5.74, 6) is -0.945. The Balaban J connectivity index is 1.72. The van der Waals surface area contributed by atoms with Crippen molar-refractivity contribution in [2.24, 2.45) is 0 Å². The number of aryl methyl sites for hydroxylation is 1. The number of hydrogen-bond acceptors (Lipinski definition) is 6. The van der Waals surface area contributed by atoms with E-state index in [0.29, 0.717) is 27.6 Å². The van der Waals surface area contributed by atoms with Crippen LogP contribution in [-0.4, -0.2) is 40.0 Å². The van der Waals surface area contributed by atoms with Crippen LogP contribution in [-0.2, 0) is 9.59 Å². The number of amides is 1. The number of ether oxygens (including phenoxy) is 2. The van der Waals surface area contributed by atoms with Crippen LogP contribution in [0.25, 0.3) is 16.8 Å². The van der Waals surface area contributed by atoms with E-state index in [1.54, 1.807) is 36.4 Å². The molecule has 194 valence electrons. The number of carbonyl (C=O) groups is 2. The Kier molecular flexibility index (Phi) is 6.59. The van der Waals surface area contributed by atoms with Crippen LogP contribution in [0.2, 0.25) is 5.02 Å². The van der Waals surface area contributed by atoms with Gasteiger partial charge >= 0.3 is 5.91 Å². The molecular formula is C29H26ClN3O5. The number of carbonyl (C=O) groups excluding carboxylic acids is 2. The molecule has 9 heteroatoms. The number of fused-ring (bicyclic) bond motifs is 1. The predicted molar refractivity (Wildman–Crippen MR) is 146 cm³/mol. The Hall–Kier alpha value is -4.30. The number of aliphatic hydroxyl groups excluding tert-OH is 1. The molecule has 4 aromatic rings. The smallest absolute Gasteiger partial charge is 0.302 e. The second kappa shape index (κ2) is 9.87. The van der Waals surface area contributed by atoms with Crippen molar-refractivity contribution in [2.75, 3.05) is 12.0 Å². The fourth-order valence-electron chi connectivity index (χ4n) is 4.60. The fraction of sp³-hybridized carbons (Fsp3) is 0.207. The summed E-state index contributed by atoms with van der Waals surface area (Å²) in [4.78, 5) is 36.0. The normalized spacial score (nSPS) is 17.0. The molecule has 0 radical (unpaired) electrons. The Morgan fingerprint density at radius 2 is 1.82 bits per heavy atom. The number of aromatic nitrogens is 2. The molecule has 5 rings (SSSR count). The topological polar surface area (TPSA) is 105 Å². The number of methoxy groups -OCH3 is 1. The van der Waals surface area contributed by atoms with Crippen LogP contribution < -0.4 is 14.4 Å². The maximum atomic E-state index is 13.5. The Labute approximate surface area is 224 Å². The van der Waals surface area contributed by atoms with E-state index < -0.39 is 23.5 Å². The van der Waals surface area contributed by atoms with Gasteiger partial charge in [-0.05, 0) is 74.4 Å². The number of H-pyrrole nitrogens is 1. The van der Waals surface area contributed by atoms with Gasteiger partial charge < -0.3 is 19.6 Å². The number of anilines is 1. The number of halogens is 1. The second-order valence-corrected chi connectivity index (χ2v) is 9.77. The molecule has 0 saturated carbocycles. The van der Waals surface area contributed by atoms with Crippen molar-refractivity contribution < 1.29 is 24.2 Å². The van der Waals surface area contributed by atoms with Gasteiger partial charge in [-0.3, -0.25) is 14.5 Å². The molecule has 1 atom stereocenters. The Morgan fingerprint density at radius 1 is 1.08 bits per heavy atom. The zero-order valence-electron chi connectivity index (χ0n) is 21.3. The summed E-state index contributed by atoms with van der Waals surface area (Å²) in [5.41, 5.74) is 3.05. The van der Waals surface area contributed by atoms with Gasteiger partial charge in [-0.25, -0.2) is 4.98 Å². The average molecular weight is 532 g/mol. The first-order valence-corrected chi connectivity index (χ1v) is 12.4. The summed E-state index contributed by atoms with van der Waals surface area (Å²) < 4.78 is 11.2. The molecule has 8 nitrogen and oxygen atoms in total. The zero-order valence-corrected chi connectivity index (χ0v) is 22.0. The first-order chi connectivity index (χ1) is 18.2. The van der Waals surface area contributed by atoms with E-state index in [4.69, 9.17) is 21.1 Å². The molecule has 1 amide bonds. The van der Waals surface area contributed by atoms with Gasteiger partial charge in [0, 0.05) is 5.02 Å². The lowest BCUT2D eigenvalue weighted by Crippen LogP contribution is -2.30. The van der Waals surface area contributed by atoms with Crippen molar-refractivity contribution in [3.8, 4) is 11.5 Å². The van der Waals surface area contributed by atoms with Gasteiger partial charge in [0.05, 0.1) is 41.4 Å². The number of ketones is 1. The zero-order chi connectivity index (χ0) is 27.1. The van der Waals surface area contributed by atoms with Crippen molar-refractivity contribution in [2.45, 2.75) is 32.9 Å². The largest absolute Gasteiger partial charge is 0.507 e. The van der Waals surface area contributed by atoms with Crippen LogP contribution in [0.3, 0.4) is 0 Å². The van der Waals surface area contributed by atoms with Crippen LogP contribution in [0.4, 0.5) is 5.95 Å². The number of aromatic amines is 1. The molecule has 2 N–H and O–H groups in total. The molecule has 3 aromatic carbocycles. The van der Waals surface area contributed by atoms with E-state index in [-0.39, 0.29) is 23.2 Å². The van der Waals surface area contributed by atoms with E-state index in [1.807, 2.05) is 39.0 Å². The van der Waals surface area contributed by atoms with Crippen LogP contribution in [0, 0.1) is 6.92 Å². The van der Waals surface area contributed by atoms with Crippen molar-refractivity contribution in [1.82, 2.24) is 9.97 Å². The minimum atomic E-state index is -0.978. The highest BCUT2D eigenvalue weighted by atomic mass is 35.5. The van der Waals surface area contributed by atoms with Crippen molar-refractivity contribution in [1.29, 1.82) is 0 Å². The predicted octanol–water partition coefficient (Wildman–Crippen LogP) is 5.95. The lowest BCUT2D eigenvalue weighted by molar-refractivity contribution is -0.132. The number of benzene rings is 3. The summed E-state index contributed by atoms with van der Waals surface area (Å²) in [6.07, 6.45) is -0.0271. The van der Waals surface area contributed by atoms with Crippen LogP contribution in [0.1, 0.15) is 36.6 Å². The number of aliphatic hydroxyl groups is 1. The average Bonchev–Trinajstić information content (AvgIpc) is 3.41. The molecule has 1 saturated heterocycles. The molecule has 1 aliphatic rings. The van der Waals surface area contributed by atoms with Gasteiger partial charge in [-0.15, -0.1) is 0 Å². The third-order valence-electron chi connectivity index (χ3n) is 6.28. The van der Waals surface area contributed by atoms with E-state index in [1.165, 1.54) is 18.1 Å². The molecule has 38 heavy (non-hydrogen) atoms. The molecule has 1 aromatic heterocycles. The van der Waals surface area contributed by atoms with Gasteiger partial charge in [0.1, 0.15) is 17.3 Å². The molecule has 0 aliphatic carbocycles. The number of imidazole rings is 1. The van der Waals surface area contributed by atoms with Gasteiger partial charge in [-0.2, -0.15) is 0 Å². The van der Waals surface area contributed by atoms with Crippen molar-refractivity contribution >= 4 is 46.0 Å². The summed E-state index contributed by atoms with van der Waals surface area (Å²) in [6.45, 7) is 5.79. The van der Waals surface area contributed by atoms with Gasteiger partial charge in [0.2, 0.25) is 5.95 Å². The summed E-state index contributed by atoms with van der Waals surface area (Å²) >= 11 is 6.20. The quantitative estimate of drug-likeness (QED) is 0.181. The van der Waals surface area contributed by atoms with Gasteiger partial charge in [0.15, 0.2) is 0 Å². The van der Waals surface area contributed by atoms with Crippen molar-refractivity contribution in [3.63, 3.8) is 0 Å². The lowest BCUT2D eigenvalue weighted by Gasteiger charge is -2.23. The third kappa shape index (κ3) is 4.48. The minimum Gasteiger partial charge on any atom is -0.507 e. The molecule has 0 spiro atoms. The molecule has 0 bridgehead atoms. The van der Waals surface area contributed by atoms with Gasteiger partial charge in [-0.1, -0.05) is 29.8 Å². The number of Topliss-reactive ketones (excluding diaryl/α,β-unsaturated/α-hetero) is 1. The Morgan fingerprint density at radius 3 is 2.50 bits per heavy atom. The maximum Gasteiger partial charge on any atom is 0.302 e. The number of nitrogens with one attached hydrogen (secondary N) is 1. The standard InChI is InChI=1S/C29H26ClN3O5/c1-15(2)38-19-9-6-17(7-10-19)25-24(26(34)20-14-18(30)8-12-23(20)37-4)27(35)28(36)33(25)29-31-21-11-5-16(3)13-22(21)32-29/h5-15,25,34H,1-4H3,(H,31,32)/b26-24+. The minimum absolute atomic E-state index is 0.0271. The summed E-state index contributed by atoms with van der Waals surface area (Å²) in [5, 5.41) is 11.8. The molecule has 1 aliphatic heterocycles. The number of hydrogen-bond donors (Lipinski definition) is 2. The van der Waals surface area contributed by atoms with E-state index in [9.17, 15) is 14.7 Å². The second-order valence-electron chi connectivity index (χ2n) is 9.33. The SMILES string of the molecule is COc1ccc(Cl)cc1/C(O)=C1\C(=O)C(=O)N(c2nc3ccc(C)cc3[nH]2)C1c1ccc(OC(C)C)cc1. The first-order valence-electron chi connectivity index (χ1n) is 12.1. The maximum absolute atomic E-state index is 13.5. The Bertz CT molecular complexity index is 1590. The van der Waals surface area contributed by atoms with Gasteiger partial charge in [0.25, 0.3) is 5.78 Å². The monoisotopic (exact) mass is 531 g/mol. The highest BCUT2D eigenvalue weighted by molar-refractivity contribution is 6.51.